The van der Waals surface area contributed by atoms with Crippen LogP contribution in [0.3, 0.4) is 0 Å². The van der Waals surface area contributed by atoms with Crippen molar-refractivity contribution in [2.24, 2.45) is 11.8 Å². The first kappa shape index (κ1) is 13.9. The molecule has 2 aliphatic rings. The Morgan fingerprint density at radius 2 is 1.83 bits per heavy atom. The lowest BCUT2D eigenvalue weighted by molar-refractivity contribution is -0.121. The maximum atomic E-state index is 11.3. The zero-order chi connectivity index (χ0) is 13.0. The molecule has 0 saturated heterocycles. The summed E-state index contributed by atoms with van der Waals surface area (Å²) < 4.78 is 5.55. The fourth-order valence-electron chi connectivity index (χ4n) is 3.90. The normalized spacial score (nSPS) is 34.2. The number of carbonyl (C=O) groups is 1. The third-order valence-electron chi connectivity index (χ3n) is 4.83. The molecule has 0 spiro atoms. The van der Waals surface area contributed by atoms with Crippen LogP contribution in [0.25, 0.3) is 0 Å². The van der Waals surface area contributed by atoms with Crippen molar-refractivity contribution in [1.82, 2.24) is 5.32 Å². The second-order valence-electron chi connectivity index (χ2n) is 6.04. The molecule has 3 atom stereocenters. The van der Waals surface area contributed by atoms with Crippen molar-refractivity contribution in [3.05, 3.63) is 0 Å². The SMILES string of the molecule is CO[C@H]1CC[C@H](NC(C)=O)[C@@H](C2CCCCC2)C1. The molecule has 104 valence electrons. The highest BCUT2D eigenvalue weighted by Crippen LogP contribution is 2.39. The van der Waals surface area contributed by atoms with E-state index in [4.69, 9.17) is 4.74 Å². The molecule has 2 fully saturated rings. The molecule has 0 aliphatic heterocycles. The molecular formula is C15H27NO2. The number of nitrogens with one attached hydrogen (secondary N) is 1. The summed E-state index contributed by atoms with van der Waals surface area (Å²) >= 11 is 0. The highest BCUT2D eigenvalue weighted by molar-refractivity contribution is 5.73. The summed E-state index contributed by atoms with van der Waals surface area (Å²) in [6.07, 6.45) is 10.5. The second kappa shape index (κ2) is 6.55. The van der Waals surface area contributed by atoms with E-state index >= 15 is 0 Å². The largest absolute Gasteiger partial charge is 0.381 e. The molecule has 0 aromatic carbocycles. The first-order valence-electron chi connectivity index (χ1n) is 7.50. The minimum absolute atomic E-state index is 0.122. The number of carbonyl (C=O) groups excluding carboxylic acids is 1. The van der Waals surface area contributed by atoms with Gasteiger partial charge in [-0.25, -0.2) is 0 Å². The van der Waals surface area contributed by atoms with Crippen molar-refractivity contribution < 1.29 is 9.53 Å². The molecule has 2 saturated carbocycles. The molecule has 0 heterocycles. The Morgan fingerprint density at radius 1 is 1.11 bits per heavy atom. The van der Waals surface area contributed by atoms with E-state index in [9.17, 15) is 4.79 Å². The molecule has 1 amide bonds. The van der Waals surface area contributed by atoms with Crippen LogP contribution in [0, 0.1) is 11.8 Å². The molecule has 2 rings (SSSR count). The fourth-order valence-corrected chi connectivity index (χ4v) is 3.90. The van der Waals surface area contributed by atoms with Gasteiger partial charge in [0.1, 0.15) is 0 Å². The van der Waals surface area contributed by atoms with Gasteiger partial charge in [-0.3, -0.25) is 4.79 Å². The van der Waals surface area contributed by atoms with Gasteiger partial charge in [-0.2, -0.15) is 0 Å². The van der Waals surface area contributed by atoms with Crippen LogP contribution in [-0.2, 0) is 9.53 Å². The molecule has 18 heavy (non-hydrogen) atoms. The number of ether oxygens (including phenoxy) is 1. The van der Waals surface area contributed by atoms with Gasteiger partial charge in [-0.05, 0) is 31.1 Å². The lowest BCUT2D eigenvalue weighted by atomic mass is 9.70. The average Bonchev–Trinajstić information content (AvgIpc) is 2.39. The highest BCUT2D eigenvalue weighted by Gasteiger charge is 2.36. The second-order valence-corrected chi connectivity index (χ2v) is 6.04. The summed E-state index contributed by atoms with van der Waals surface area (Å²) in [7, 11) is 1.82. The number of methoxy groups -OCH3 is 1. The van der Waals surface area contributed by atoms with Crippen LogP contribution in [-0.4, -0.2) is 25.2 Å². The first-order chi connectivity index (χ1) is 8.70. The van der Waals surface area contributed by atoms with E-state index in [1.165, 1.54) is 32.1 Å². The van der Waals surface area contributed by atoms with E-state index in [1.807, 2.05) is 7.11 Å². The van der Waals surface area contributed by atoms with Gasteiger partial charge in [0.05, 0.1) is 6.10 Å². The van der Waals surface area contributed by atoms with Crippen molar-refractivity contribution in [3.8, 4) is 0 Å². The summed E-state index contributed by atoms with van der Waals surface area (Å²) in [5.41, 5.74) is 0. The fraction of sp³-hybridized carbons (Fsp3) is 0.933. The predicted molar refractivity (Wildman–Crippen MR) is 72.3 cm³/mol. The van der Waals surface area contributed by atoms with E-state index in [2.05, 4.69) is 5.32 Å². The van der Waals surface area contributed by atoms with Gasteiger partial charge in [-0.1, -0.05) is 32.1 Å². The number of hydrogen-bond donors (Lipinski definition) is 1. The lowest BCUT2D eigenvalue weighted by Crippen LogP contribution is -2.47. The quantitative estimate of drug-likeness (QED) is 0.840. The topological polar surface area (TPSA) is 38.3 Å². The Morgan fingerprint density at radius 3 is 2.44 bits per heavy atom. The molecule has 0 unspecified atom stereocenters. The van der Waals surface area contributed by atoms with Gasteiger partial charge in [0.2, 0.25) is 5.91 Å². The van der Waals surface area contributed by atoms with Crippen LogP contribution in [0.5, 0.6) is 0 Å². The molecule has 0 aromatic rings. The van der Waals surface area contributed by atoms with Gasteiger partial charge < -0.3 is 10.1 Å². The summed E-state index contributed by atoms with van der Waals surface area (Å²) in [5.74, 6) is 1.55. The maximum Gasteiger partial charge on any atom is 0.217 e. The molecular weight excluding hydrogens is 226 g/mol. The van der Waals surface area contributed by atoms with E-state index in [0.717, 1.165) is 25.2 Å². The van der Waals surface area contributed by atoms with E-state index in [1.54, 1.807) is 6.92 Å². The van der Waals surface area contributed by atoms with Crippen molar-refractivity contribution >= 4 is 5.91 Å². The van der Waals surface area contributed by atoms with Gasteiger partial charge in [0, 0.05) is 20.1 Å². The van der Waals surface area contributed by atoms with Crippen molar-refractivity contribution in [2.75, 3.05) is 7.11 Å². The zero-order valence-electron chi connectivity index (χ0n) is 11.8. The third-order valence-corrected chi connectivity index (χ3v) is 4.83. The van der Waals surface area contributed by atoms with Crippen LogP contribution < -0.4 is 5.32 Å². The zero-order valence-corrected chi connectivity index (χ0v) is 11.8. The van der Waals surface area contributed by atoms with Crippen LogP contribution >= 0.6 is 0 Å². The van der Waals surface area contributed by atoms with E-state index in [-0.39, 0.29) is 5.91 Å². The Bertz CT molecular complexity index is 274. The molecule has 3 nitrogen and oxygen atoms in total. The number of hydrogen-bond acceptors (Lipinski definition) is 2. The molecule has 0 radical (unpaired) electrons. The van der Waals surface area contributed by atoms with Gasteiger partial charge in [-0.15, -0.1) is 0 Å². The Kier molecular flexibility index (Phi) is 5.04. The van der Waals surface area contributed by atoms with Crippen LogP contribution in [0.2, 0.25) is 0 Å². The Labute approximate surface area is 111 Å². The van der Waals surface area contributed by atoms with Gasteiger partial charge in [0.25, 0.3) is 0 Å². The number of amides is 1. The van der Waals surface area contributed by atoms with Crippen molar-refractivity contribution in [3.63, 3.8) is 0 Å². The standard InChI is InChI=1S/C15H27NO2/c1-11(17)16-15-9-8-13(18-2)10-14(15)12-6-4-3-5-7-12/h12-15H,3-10H2,1-2H3,(H,16,17)/t13-,14+,15-/m0/s1. The minimum atomic E-state index is 0.122. The van der Waals surface area contributed by atoms with Crippen molar-refractivity contribution in [2.45, 2.75) is 70.4 Å². The molecule has 2 aliphatic carbocycles. The van der Waals surface area contributed by atoms with E-state index < -0.39 is 0 Å². The average molecular weight is 253 g/mol. The monoisotopic (exact) mass is 253 g/mol. The van der Waals surface area contributed by atoms with Crippen molar-refractivity contribution in [1.29, 1.82) is 0 Å². The predicted octanol–water partition coefficient (Wildman–Crippen LogP) is 2.89. The summed E-state index contributed by atoms with van der Waals surface area (Å²) in [5, 5.41) is 3.18. The summed E-state index contributed by atoms with van der Waals surface area (Å²) in [4.78, 5) is 11.3. The maximum absolute atomic E-state index is 11.3. The first-order valence-corrected chi connectivity index (χ1v) is 7.50. The van der Waals surface area contributed by atoms with E-state index in [0.29, 0.717) is 18.1 Å². The van der Waals surface area contributed by atoms with Crippen LogP contribution in [0.1, 0.15) is 58.3 Å². The Hall–Kier alpha value is -0.570. The Balaban J connectivity index is 2.00. The highest BCUT2D eigenvalue weighted by atomic mass is 16.5. The van der Waals surface area contributed by atoms with Gasteiger partial charge >= 0.3 is 0 Å². The van der Waals surface area contributed by atoms with Gasteiger partial charge in [0.15, 0.2) is 0 Å². The summed E-state index contributed by atoms with van der Waals surface area (Å²) in [6, 6.07) is 0.386. The molecule has 0 aromatic heterocycles. The summed E-state index contributed by atoms with van der Waals surface area (Å²) in [6.45, 7) is 1.64. The molecule has 0 bridgehead atoms. The molecule has 3 heteroatoms. The third kappa shape index (κ3) is 3.47. The van der Waals surface area contributed by atoms with Crippen LogP contribution in [0.4, 0.5) is 0 Å². The number of rotatable bonds is 3. The smallest absolute Gasteiger partial charge is 0.217 e. The van der Waals surface area contributed by atoms with Crippen LogP contribution in [0.15, 0.2) is 0 Å². The lowest BCUT2D eigenvalue weighted by Gasteiger charge is -2.41. The molecule has 1 N–H and O–H groups in total. The minimum Gasteiger partial charge on any atom is -0.381 e.